The van der Waals surface area contributed by atoms with Crippen molar-refractivity contribution in [1.82, 2.24) is 14.7 Å². The molecule has 5 rings (SSSR count). The summed E-state index contributed by atoms with van der Waals surface area (Å²) in [7, 11) is 0. The average molecular weight is 544 g/mol. The van der Waals surface area contributed by atoms with Gasteiger partial charge in [-0.15, -0.1) is 0 Å². The quantitative estimate of drug-likeness (QED) is 0.621. The van der Waals surface area contributed by atoms with Crippen LogP contribution in [0.5, 0.6) is 0 Å². The van der Waals surface area contributed by atoms with E-state index in [4.69, 9.17) is 0 Å². The molecule has 2 aromatic rings. The second kappa shape index (κ2) is 10.8. The Kier molecular flexibility index (Phi) is 7.42. The molecular formula is C28H32F3N5O3. The highest BCUT2D eigenvalue weighted by molar-refractivity contribution is 5.97. The highest BCUT2D eigenvalue weighted by Crippen LogP contribution is 2.40. The maximum atomic E-state index is 13.9. The lowest BCUT2D eigenvalue weighted by Crippen LogP contribution is -2.58. The number of amides is 4. The number of hydrogen-bond acceptors (Lipinski definition) is 4. The zero-order valence-corrected chi connectivity index (χ0v) is 21.6. The largest absolute Gasteiger partial charge is 0.418 e. The van der Waals surface area contributed by atoms with Crippen molar-refractivity contribution in [2.24, 2.45) is 0 Å². The van der Waals surface area contributed by atoms with Crippen molar-refractivity contribution in [3.8, 4) is 0 Å². The smallest absolute Gasteiger partial charge is 0.341 e. The number of rotatable bonds is 4. The van der Waals surface area contributed by atoms with Crippen LogP contribution in [0.3, 0.4) is 0 Å². The normalized spacial score (nSPS) is 19.5. The molecule has 8 nitrogen and oxygen atoms in total. The van der Waals surface area contributed by atoms with Gasteiger partial charge in [0.15, 0.2) is 0 Å². The summed E-state index contributed by atoms with van der Waals surface area (Å²) in [6.45, 7) is 2.04. The van der Waals surface area contributed by atoms with Crippen LogP contribution in [-0.4, -0.2) is 77.5 Å². The molecule has 0 radical (unpaired) electrons. The summed E-state index contributed by atoms with van der Waals surface area (Å²) in [4.78, 5) is 46.7. The minimum atomic E-state index is -4.60. The molecule has 1 N–H and O–H groups in total. The van der Waals surface area contributed by atoms with E-state index < -0.39 is 23.3 Å². The first kappa shape index (κ1) is 26.8. The second-order valence-corrected chi connectivity index (χ2v) is 10.3. The molecule has 39 heavy (non-hydrogen) atoms. The molecule has 0 aromatic heterocycles. The number of urea groups is 1. The van der Waals surface area contributed by atoms with Gasteiger partial charge in [-0.1, -0.05) is 30.3 Å². The number of benzene rings is 2. The molecule has 3 saturated heterocycles. The zero-order valence-electron chi connectivity index (χ0n) is 21.6. The Balaban J connectivity index is 1.31. The number of para-hydroxylation sites is 2. The Labute approximate surface area is 225 Å². The lowest BCUT2D eigenvalue weighted by Gasteiger charge is -2.43. The van der Waals surface area contributed by atoms with Crippen molar-refractivity contribution >= 4 is 29.2 Å². The number of carbonyl (C=O) groups is 3. The van der Waals surface area contributed by atoms with Gasteiger partial charge in [0.05, 0.1) is 17.9 Å². The maximum Gasteiger partial charge on any atom is 0.418 e. The number of nitrogens with zero attached hydrogens (tertiary/aromatic N) is 4. The number of alkyl halides is 3. The summed E-state index contributed by atoms with van der Waals surface area (Å²) in [5.41, 5.74) is -1.32. The fourth-order valence-corrected chi connectivity index (χ4v) is 5.84. The van der Waals surface area contributed by atoms with E-state index in [2.05, 4.69) is 5.32 Å². The second-order valence-electron chi connectivity index (χ2n) is 10.3. The Bertz CT molecular complexity index is 1210. The molecule has 4 amide bonds. The van der Waals surface area contributed by atoms with E-state index in [1.807, 2.05) is 40.1 Å². The van der Waals surface area contributed by atoms with Gasteiger partial charge in [-0.2, -0.15) is 13.2 Å². The van der Waals surface area contributed by atoms with Gasteiger partial charge >= 0.3 is 12.2 Å². The molecule has 3 aliphatic heterocycles. The van der Waals surface area contributed by atoms with Gasteiger partial charge in [-0.25, -0.2) is 4.79 Å². The van der Waals surface area contributed by atoms with Gasteiger partial charge in [0, 0.05) is 31.9 Å². The summed E-state index contributed by atoms with van der Waals surface area (Å²) in [5, 5.41) is 2.40. The van der Waals surface area contributed by atoms with Crippen molar-refractivity contribution < 1.29 is 27.6 Å². The summed E-state index contributed by atoms with van der Waals surface area (Å²) in [6, 6.07) is 13.7. The third-order valence-corrected chi connectivity index (χ3v) is 7.97. The Morgan fingerprint density at radius 3 is 2.15 bits per heavy atom. The molecule has 0 unspecified atom stereocenters. The third kappa shape index (κ3) is 5.39. The number of piperidine rings is 2. The number of likely N-dealkylation sites (tertiary alicyclic amines) is 2. The maximum absolute atomic E-state index is 13.9. The van der Waals surface area contributed by atoms with E-state index >= 15 is 0 Å². The number of hydrogen-bond donors (Lipinski definition) is 1. The molecule has 2 aromatic carbocycles. The van der Waals surface area contributed by atoms with E-state index in [1.54, 1.807) is 4.90 Å². The van der Waals surface area contributed by atoms with Gasteiger partial charge in [-0.3, -0.25) is 9.59 Å². The Morgan fingerprint density at radius 1 is 0.846 bits per heavy atom. The topological polar surface area (TPSA) is 76.2 Å². The minimum absolute atomic E-state index is 0.00233. The SMILES string of the molecule is O=C(CN1CN(c2ccccc2)C2(CCN(C(=O)Nc3ccccc3C(F)(F)F)CC2)C1=O)N1CCCCC1. The fourth-order valence-electron chi connectivity index (χ4n) is 5.84. The van der Waals surface area contributed by atoms with Crippen LogP contribution in [0.4, 0.5) is 29.3 Å². The molecule has 0 aliphatic carbocycles. The van der Waals surface area contributed by atoms with Crippen LogP contribution in [0.15, 0.2) is 54.6 Å². The first-order chi connectivity index (χ1) is 18.7. The molecule has 208 valence electrons. The molecule has 0 atom stereocenters. The molecule has 3 fully saturated rings. The van der Waals surface area contributed by atoms with Gasteiger partial charge in [0.25, 0.3) is 5.91 Å². The van der Waals surface area contributed by atoms with E-state index in [0.717, 1.165) is 31.0 Å². The van der Waals surface area contributed by atoms with Crippen LogP contribution in [0.2, 0.25) is 0 Å². The minimum Gasteiger partial charge on any atom is -0.341 e. The lowest BCUT2D eigenvalue weighted by atomic mass is 9.85. The van der Waals surface area contributed by atoms with Gasteiger partial charge in [-0.05, 0) is 56.4 Å². The highest BCUT2D eigenvalue weighted by Gasteiger charge is 2.54. The van der Waals surface area contributed by atoms with Crippen molar-refractivity contribution in [2.45, 2.75) is 43.8 Å². The molecule has 3 aliphatic rings. The van der Waals surface area contributed by atoms with Crippen LogP contribution in [0.25, 0.3) is 0 Å². The summed E-state index contributed by atoms with van der Waals surface area (Å²) < 4.78 is 40.2. The van der Waals surface area contributed by atoms with Crippen molar-refractivity contribution in [2.75, 3.05) is 49.6 Å². The van der Waals surface area contributed by atoms with Crippen LogP contribution in [-0.2, 0) is 15.8 Å². The molecule has 0 saturated carbocycles. The first-order valence-corrected chi connectivity index (χ1v) is 13.3. The van der Waals surface area contributed by atoms with Gasteiger partial charge in [0.1, 0.15) is 12.1 Å². The number of halogens is 3. The highest BCUT2D eigenvalue weighted by atomic mass is 19.4. The molecule has 11 heteroatoms. The number of carbonyl (C=O) groups excluding carboxylic acids is 3. The molecular weight excluding hydrogens is 511 g/mol. The Hall–Kier alpha value is -3.76. The predicted molar refractivity (Wildman–Crippen MR) is 140 cm³/mol. The first-order valence-electron chi connectivity index (χ1n) is 13.3. The van der Waals surface area contributed by atoms with E-state index in [0.29, 0.717) is 25.9 Å². The van der Waals surface area contributed by atoms with Crippen molar-refractivity contribution in [1.29, 1.82) is 0 Å². The van der Waals surface area contributed by atoms with Crippen molar-refractivity contribution in [3.63, 3.8) is 0 Å². The van der Waals surface area contributed by atoms with E-state index in [9.17, 15) is 27.6 Å². The molecule has 0 bridgehead atoms. The van der Waals surface area contributed by atoms with E-state index in [1.165, 1.54) is 23.1 Å². The average Bonchev–Trinajstić information content (AvgIpc) is 3.20. The lowest BCUT2D eigenvalue weighted by molar-refractivity contribution is -0.141. The predicted octanol–water partition coefficient (Wildman–Crippen LogP) is 4.39. The van der Waals surface area contributed by atoms with Crippen LogP contribution in [0.1, 0.15) is 37.7 Å². The number of anilines is 2. The summed E-state index contributed by atoms with van der Waals surface area (Å²) >= 11 is 0. The number of nitrogens with one attached hydrogen (secondary N) is 1. The Morgan fingerprint density at radius 2 is 1.49 bits per heavy atom. The van der Waals surface area contributed by atoms with E-state index in [-0.39, 0.29) is 43.8 Å². The zero-order chi connectivity index (χ0) is 27.6. The summed E-state index contributed by atoms with van der Waals surface area (Å²) in [6.07, 6.45) is -0.982. The van der Waals surface area contributed by atoms with Crippen LogP contribution < -0.4 is 10.2 Å². The van der Waals surface area contributed by atoms with Crippen LogP contribution in [0, 0.1) is 0 Å². The fraction of sp³-hybridized carbons (Fsp3) is 0.464. The molecule has 1 spiro atoms. The summed E-state index contributed by atoms with van der Waals surface area (Å²) in [5.74, 6) is -0.215. The van der Waals surface area contributed by atoms with Crippen LogP contribution >= 0.6 is 0 Å². The van der Waals surface area contributed by atoms with Gasteiger partial charge < -0.3 is 24.9 Å². The molecule has 3 heterocycles. The third-order valence-electron chi connectivity index (χ3n) is 7.97. The standard InChI is InChI=1S/C28H32F3N5O3/c29-28(30,31)22-11-5-6-12-23(22)32-26(39)34-17-13-27(14-18-34)25(38)35(19-24(37)33-15-7-2-8-16-33)20-36(27)21-9-3-1-4-10-21/h1,3-6,9-12H,2,7-8,13-20H2,(H,32,39). The van der Waals surface area contributed by atoms with Crippen molar-refractivity contribution in [3.05, 3.63) is 60.2 Å². The van der Waals surface area contributed by atoms with Gasteiger partial charge in [0.2, 0.25) is 5.91 Å². The monoisotopic (exact) mass is 543 g/mol.